The van der Waals surface area contributed by atoms with Crippen LogP contribution in [0.1, 0.15) is 30.9 Å². The molecule has 3 N–H and O–H groups in total. The Balaban J connectivity index is 1.70. The van der Waals surface area contributed by atoms with Gasteiger partial charge < -0.3 is 15.5 Å². The molecule has 0 heterocycles. The Kier molecular flexibility index (Phi) is 9.22. The molecule has 0 fully saturated rings. The fraction of sp³-hybridized carbons (Fsp3) is 0.391. The van der Waals surface area contributed by atoms with Crippen LogP contribution in [-0.2, 0) is 16.0 Å². The molecule has 2 rings (SSSR count). The number of hydrogen-bond donors (Lipinski definition) is 3. The zero-order valence-corrected chi connectivity index (χ0v) is 18.6. The van der Waals surface area contributed by atoms with Crippen LogP contribution in [0.3, 0.4) is 0 Å². The molecule has 0 saturated heterocycles. The topological polar surface area (TPSA) is 62.6 Å². The van der Waals surface area contributed by atoms with Crippen molar-refractivity contribution < 1.29 is 14.5 Å². The van der Waals surface area contributed by atoms with Gasteiger partial charge in [-0.1, -0.05) is 50.2 Å². The lowest BCUT2D eigenvalue weighted by Crippen LogP contribution is -3.11. The molecule has 1 atom stereocenters. The van der Waals surface area contributed by atoms with E-state index in [1.54, 1.807) is 11.8 Å². The minimum atomic E-state index is -0.0953. The second kappa shape index (κ2) is 11.6. The van der Waals surface area contributed by atoms with Crippen molar-refractivity contribution in [1.29, 1.82) is 0 Å². The predicted molar refractivity (Wildman–Crippen MR) is 121 cm³/mol. The number of nitrogens with one attached hydrogen (secondary N) is 3. The van der Waals surface area contributed by atoms with E-state index in [1.165, 1.54) is 11.1 Å². The number of anilines is 1. The Morgan fingerprint density at radius 3 is 2.31 bits per heavy atom. The van der Waals surface area contributed by atoms with Gasteiger partial charge in [0.25, 0.3) is 11.8 Å². The van der Waals surface area contributed by atoms with E-state index in [4.69, 9.17) is 0 Å². The van der Waals surface area contributed by atoms with E-state index in [2.05, 4.69) is 48.7 Å². The number of rotatable bonds is 10. The molecule has 0 spiro atoms. The fourth-order valence-electron chi connectivity index (χ4n) is 3.03. The number of hydrogen-bond acceptors (Lipinski definition) is 3. The zero-order chi connectivity index (χ0) is 21.2. The van der Waals surface area contributed by atoms with Crippen LogP contribution in [0.15, 0.2) is 53.4 Å². The summed E-state index contributed by atoms with van der Waals surface area (Å²) in [6, 6.07) is 16.2. The standard InChI is InChI=1S/C23H31N3O2S/c1-17(2)19-11-9-18(10-12-19)13-14-24-22(27)15-26(3)16-23(28)25-20-7-5-6-8-21(20)29-4/h5-12,17H,13-16H2,1-4H3,(H,24,27)(H,25,28)/p+1. The minimum absolute atomic E-state index is 0.0429. The zero-order valence-electron chi connectivity index (χ0n) is 17.7. The summed E-state index contributed by atoms with van der Waals surface area (Å²) in [7, 11) is 1.85. The summed E-state index contributed by atoms with van der Waals surface area (Å²) in [4.78, 5) is 26.3. The van der Waals surface area contributed by atoms with Crippen molar-refractivity contribution in [2.45, 2.75) is 31.1 Å². The molecule has 0 aliphatic carbocycles. The lowest BCUT2D eigenvalue weighted by atomic mass is 10.0. The highest BCUT2D eigenvalue weighted by Gasteiger charge is 2.15. The highest BCUT2D eigenvalue weighted by atomic mass is 32.2. The number of carbonyl (C=O) groups is 2. The number of para-hydroxylation sites is 1. The van der Waals surface area contributed by atoms with Gasteiger partial charge in [-0.2, -0.15) is 0 Å². The van der Waals surface area contributed by atoms with Crippen molar-refractivity contribution >= 4 is 29.3 Å². The van der Waals surface area contributed by atoms with E-state index in [-0.39, 0.29) is 24.9 Å². The van der Waals surface area contributed by atoms with Gasteiger partial charge in [-0.25, -0.2) is 0 Å². The first-order chi connectivity index (χ1) is 13.9. The minimum Gasteiger partial charge on any atom is -0.351 e. The van der Waals surface area contributed by atoms with Gasteiger partial charge in [0.1, 0.15) is 0 Å². The van der Waals surface area contributed by atoms with Gasteiger partial charge >= 0.3 is 0 Å². The Hall–Kier alpha value is -2.31. The third-order valence-corrected chi connectivity index (χ3v) is 5.48. The van der Waals surface area contributed by atoms with Gasteiger partial charge in [-0.15, -0.1) is 11.8 Å². The van der Waals surface area contributed by atoms with Crippen LogP contribution < -0.4 is 15.5 Å². The maximum absolute atomic E-state index is 12.3. The molecule has 2 amide bonds. The van der Waals surface area contributed by atoms with Crippen molar-refractivity contribution in [2.24, 2.45) is 0 Å². The first-order valence-corrected chi connectivity index (χ1v) is 11.2. The summed E-state index contributed by atoms with van der Waals surface area (Å²) < 4.78 is 0. The molecule has 156 valence electrons. The molecular formula is C23H32N3O2S+. The van der Waals surface area contributed by atoms with Gasteiger partial charge in [0.05, 0.1) is 12.7 Å². The molecule has 0 aliphatic rings. The van der Waals surface area contributed by atoms with Gasteiger partial charge in [0.15, 0.2) is 13.1 Å². The van der Waals surface area contributed by atoms with E-state index < -0.39 is 0 Å². The molecule has 5 nitrogen and oxygen atoms in total. The largest absolute Gasteiger partial charge is 0.351 e. The first kappa shape index (κ1) is 23.0. The molecular weight excluding hydrogens is 382 g/mol. The van der Waals surface area contributed by atoms with E-state index in [9.17, 15) is 9.59 Å². The second-order valence-corrected chi connectivity index (χ2v) is 8.40. The van der Waals surface area contributed by atoms with Crippen molar-refractivity contribution in [3.8, 4) is 0 Å². The van der Waals surface area contributed by atoms with Crippen LogP contribution in [0.4, 0.5) is 5.69 Å². The van der Waals surface area contributed by atoms with Crippen molar-refractivity contribution in [1.82, 2.24) is 5.32 Å². The first-order valence-electron chi connectivity index (χ1n) is 9.98. The molecule has 2 aromatic rings. The Labute approximate surface area is 178 Å². The van der Waals surface area contributed by atoms with Crippen LogP contribution in [-0.4, -0.2) is 44.8 Å². The average molecular weight is 415 g/mol. The maximum Gasteiger partial charge on any atom is 0.279 e. The summed E-state index contributed by atoms with van der Waals surface area (Å²) in [5.41, 5.74) is 3.34. The van der Waals surface area contributed by atoms with Crippen LogP contribution in [0.25, 0.3) is 0 Å². The van der Waals surface area contributed by atoms with E-state index in [0.29, 0.717) is 12.5 Å². The van der Waals surface area contributed by atoms with Gasteiger partial charge in [0, 0.05) is 11.4 Å². The SMILES string of the molecule is CSc1ccccc1NC(=O)C[NH+](C)CC(=O)NCCc1ccc(C(C)C)cc1. The monoisotopic (exact) mass is 414 g/mol. The number of carbonyl (C=O) groups excluding carboxylic acids is 2. The molecule has 0 bridgehead atoms. The van der Waals surface area contributed by atoms with Crippen LogP contribution >= 0.6 is 11.8 Å². The number of thioether (sulfide) groups is 1. The van der Waals surface area contributed by atoms with Crippen LogP contribution in [0, 0.1) is 0 Å². The maximum atomic E-state index is 12.3. The number of quaternary nitrogens is 1. The molecule has 0 aromatic heterocycles. The Morgan fingerprint density at radius 1 is 1.00 bits per heavy atom. The van der Waals surface area contributed by atoms with Crippen LogP contribution in [0.2, 0.25) is 0 Å². The quantitative estimate of drug-likeness (QED) is 0.523. The van der Waals surface area contributed by atoms with Crippen molar-refractivity contribution in [3.63, 3.8) is 0 Å². The highest BCUT2D eigenvalue weighted by molar-refractivity contribution is 7.98. The van der Waals surface area contributed by atoms with Crippen LogP contribution in [0.5, 0.6) is 0 Å². The molecule has 0 saturated carbocycles. The van der Waals surface area contributed by atoms with Crippen molar-refractivity contribution in [2.75, 3.05) is 38.3 Å². The normalized spacial score (nSPS) is 11.9. The summed E-state index contributed by atoms with van der Waals surface area (Å²) in [6.07, 6.45) is 2.78. The number of benzene rings is 2. The number of likely N-dealkylation sites (N-methyl/N-ethyl adjacent to an activating group) is 1. The molecule has 2 aromatic carbocycles. The smallest absolute Gasteiger partial charge is 0.279 e. The predicted octanol–water partition coefficient (Wildman–Crippen LogP) is 2.34. The van der Waals surface area contributed by atoms with E-state index >= 15 is 0 Å². The second-order valence-electron chi connectivity index (χ2n) is 7.56. The van der Waals surface area contributed by atoms with Crippen molar-refractivity contribution in [3.05, 3.63) is 59.7 Å². The molecule has 6 heteroatoms. The third kappa shape index (κ3) is 7.91. The van der Waals surface area contributed by atoms with E-state index in [0.717, 1.165) is 21.9 Å². The molecule has 29 heavy (non-hydrogen) atoms. The van der Waals surface area contributed by atoms with Gasteiger partial charge in [0.2, 0.25) is 0 Å². The summed E-state index contributed by atoms with van der Waals surface area (Å²) >= 11 is 1.59. The molecule has 0 aliphatic heterocycles. The number of amides is 2. The summed E-state index contributed by atoms with van der Waals surface area (Å²) in [5.74, 6) is 0.384. The van der Waals surface area contributed by atoms with Gasteiger partial charge in [-0.3, -0.25) is 9.59 Å². The molecule has 1 unspecified atom stereocenters. The summed E-state index contributed by atoms with van der Waals surface area (Å²) in [6.45, 7) is 5.46. The highest BCUT2D eigenvalue weighted by Crippen LogP contribution is 2.24. The molecule has 0 radical (unpaired) electrons. The lowest BCUT2D eigenvalue weighted by Gasteiger charge is -2.15. The lowest BCUT2D eigenvalue weighted by molar-refractivity contribution is -0.862. The third-order valence-electron chi connectivity index (χ3n) is 4.69. The van der Waals surface area contributed by atoms with E-state index in [1.807, 2.05) is 37.6 Å². The summed E-state index contributed by atoms with van der Waals surface area (Å²) in [5, 5.41) is 5.88. The Bertz CT molecular complexity index is 806. The fourth-order valence-corrected chi connectivity index (χ4v) is 3.58. The van der Waals surface area contributed by atoms with Gasteiger partial charge in [-0.05, 0) is 41.9 Å². The average Bonchev–Trinajstić information content (AvgIpc) is 2.68. The Morgan fingerprint density at radius 2 is 1.66 bits per heavy atom.